The fourth-order valence-corrected chi connectivity index (χ4v) is 4.84. The van der Waals surface area contributed by atoms with E-state index in [1.807, 2.05) is 42.5 Å². The fourth-order valence-electron chi connectivity index (χ4n) is 3.67. The molecule has 2 aliphatic heterocycles. The van der Waals surface area contributed by atoms with E-state index in [4.69, 9.17) is 9.47 Å². The van der Waals surface area contributed by atoms with Gasteiger partial charge in [-0.25, -0.2) is 0 Å². The average molecular weight is 396 g/mol. The Morgan fingerprint density at radius 1 is 1.11 bits per heavy atom. The summed E-state index contributed by atoms with van der Waals surface area (Å²) in [6.45, 7) is 0.202. The maximum absolute atomic E-state index is 12.6. The molecule has 6 nitrogen and oxygen atoms in total. The minimum Gasteiger partial charge on any atom is -0.454 e. The van der Waals surface area contributed by atoms with Gasteiger partial charge in [0.2, 0.25) is 18.6 Å². The van der Waals surface area contributed by atoms with E-state index < -0.39 is 0 Å². The molecule has 1 saturated heterocycles. The zero-order valence-electron chi connectivity index (χ0n) is 15.2. The smallest absolute Gasteiger partial charge is 0.238 e. The predicted octanol–water partition coefficient (Wildman–Crippen LogP) is 3.93. The van der Waals surface area contributed by atoms with Gasteiger partial charge in [0.05, 0.1) is 5.75 Å². The number of thioether (sulfide) groups is 1. The summed E-state index contributed by atoms with van der Waals surface area (Å²) in [5.74, 6) is 2.04. The van der Waals surface area contributed by atoms with Crippen LogP contribution in [-0.2, 0) is 9.59 Å². The summed E-state index contributed by atoms with van der Waals surface area (Å²) in [7, 11) is 0. The fraction of sp³-hybridized carbons (Fsp3) is 0.333. The van der Waals surface area contributed by atoms with Crippen molar-refractivity contribution < 1.29 is 19.1 Å². The van der Waals surface area contributed by atoms with Crippen molar-refractivity contribution in [2.24, 2.45) is 5.92 Å². The molecule has 7 heteroatoms. The average Bonchev–Trinajstić information content (AvgIpc) is 3.26. The number of nitrogens with zero attached hydrogens (tertiary/aromatic N) is 1. The van der Waals surface area contributed by atoms with Crippen LogP contribution in [0.3, 0.4) is 0 Å². The number of amides is 2. The number of carbonyl (C=O) groups excluding carboxylic acids is 2. The van der Waals surface area contributed by atoms with E-state index in [2.05, 4.69) is 5.32 Å². The van der Waals surface area contributed by atoms with Gasteiger partial charge in [-0.3, -0.25) is 14.5 Å². The minimum atomic E-state index is -0.145. The van der Waals surface area contributed by atoms with Crippen LogP contribution in [0.15, 0.2) is 42.5 Å². The molecule has 3 aliphatic rings. The molecule has 0 unspecified atom stereocenters. The lowest BCUT2D eigenvalue weighted by Crippen LogP contribution is -2.29. The van der Waals surface area contributed by atoms with Gasteiger partial charge >= 0.3 is 0 Å². The molecule has 1 atom stereocenters. The van der Waals surface area contributed by atoms with E-state index in [1.54, 1.807) is 16.7 Å². The number of carbonyl (C=O) groups is 2. The molecule has 2 fully saturated rings. The largest absolute Gasteiger partial charge is 0.454 e. The predicted molar refractivity (Wildman–Crippen MR) is 108 cm³/mol. The molecule has 2 heterocycles. The van der Waals surface area contributed by atoms with E-state index in [0.717, 1.165) is 36.2 Å². The lowest BCUT2D eigenvalue weighted by atomic mass is 9.85. The third-order valence-corrected chi connectivity index (χ3v) is 6.63. The number of anilines is 2. The highest BCUT2D eigenvalue weighted by molar-refractivity contribution is 8.00. The Morgan fingerprint density at radius 2 is 1.96 bits per heavy atom. The van der Waals surface area contributed by atoms with Gasteiger partial charge in [-0.15, -0.1) is 11.8 Å². The van der Waals surface area contributed by atoms with Crippen LogP contribution < -0.4 is 19.7 Å². The summed E-state index contributed by atoms with van der Waals surface area (Å²) in [6.07, 6.45) is 3.07. The first-order valence-corrected chi connectivity index (χ1v) is 10.5. The summed E-state index contributed by atoms with van der Waals surface area (Å²) in [5.41, 5.74) is 2.55. The van der Waals surface area contributed by atoms with Crippen molar-refractivity contribution in [2.75, 3.05) is 22.8 Å². The Morgan fingerprint density at radius 3 is 2.79 bits per heavy atom. The number of benzene rings is 2. The Kier molecular flexibility index (Phi) is 4.39. The SMILES string of the molecule is O=C(Nc1cccc([C@@H]2SCC(=O)N2c2ccc3c(c2)OCO3)c1)C1CCC1. The van der Waals surface area contributed by atoms with Crippen molar-refractivity contribution >= 4 is 35.0 Å². The molecule has 0 spiro atoms. The van der Waals surface area contributed by atoms with Crippen molar-refractivity contribution in [3.63, 3.8) is 0 Å². The molecule has 1 saturated carbocycles. The van der Waals surface area contributed by atoms with Crippen LogP contribution in [-0.4, -0.2) is 24.4 Å². The third kappa shape index (κ3) is 3.09. The highest BCUT2D eigenvalue weighted by atomic mass is 32.2. The van der Waals surface area contributed by atoms with Gasteiger partial charge in [0, 0.05) is 23.4 Å². The van der Waals surface area contributed by atoms with Gasteiger partial charge in [0.25, 0.3) is 0 Å². The minimum absolute atomic E-state index is 0.0535. The highest BCUT2D eigenvalue weighted by Gasteiger charge is 2.35. The Labute approximate surface area is 167 Å². The van der Waals surface area contributed by atoms with Crippen LogP contribution in [0.1, 0.15) is 30.2 Å². The molecule has 144 valence electrons. The van der Waals surface area contributed by atoms with Gasteiger partial charge in [-0.2, -0.15) is 0 Å². The first-order chi connectivity index (χ1) is 13.7. The molecule has 2 aromatic rings. The van der Waals surface area contributed by atoms with E-state index >= 15 is 0 Å². The van der Waals surface area contributed by atoms with Crippen LogP contribution >= 0.6 is 11.8 Å². The summed E-state index contributed by atoms with van der Waals surface area (Å²) < 4.78 is 10.8. The van der Waals surface area contributed by atoms with Crippen LogP contribution in [0.5, 0.6) is 11.5 Å². The van der Waals surface area contributed by atoms with Crippen LogP contribution in [0.2, 0.25) is 0 Å². The number of fused-ring (bicyclic) bond motifs is 1. The number of hydrogen-bond acceptors (Lipinski definition) is 5. The Balaban J connectivity index is 1.41. The highest BCUT2D eigenvalue weighted by Crippen LogP contribution is 2.45. The molecule has 0 bridgehead atoms. The Bertz CT molecular complexity index is 944. The number of ether oxygens (including phenoxy) is 2. The molecule has 28 heavy (non-hydrogen) atoms. The van der Waals surface area contributed by atoms with Gasteiger partial charge in [-0.1, -0.05) is 18.6 Å². The lowest BCUT2D eigenvalue weighted by Gasteiger charge is -2.26. The number of hydrogen-bond donors (Lipinski definition) is 1. The van der Waals surface area contributed by atoms with E-state index in [-0.39, 0.29) is 29.9 Å². The Hall–Kier alpha value is -2.67. The normalized spacial score (nSPS) is 20.9. The number of rotatable bonds is 4. The molecule has 0 aromatic heterocycles. The monoisotopic (exact) mass is 396 g/mol. The quantitative estimate of drug-likeness (QED) is 0.848. The van der Waals surface area contributed by atoms with Gasteiger partial charge < -0.3 is 14.8 Å². The first kappa shape index (κ1) is 17.4. The second-order valence-electron chi connectivity index (χ2n) is 7.21. The first-order valence-electron chi connectivity index (χ1n) is 9.43. The van der Waals surface area contributed by atoms with E-state index in [1.165, 1.54) is 0 Å². The van der Waals surface area contributed by atoms with Crippen molar-refractivity contribution in [1.29, 1.82) is 0 Å². The molecule has 0 radical (unpaired) electrons. The van der Waals surface area contributed by atoms with Crippen molar-refractivity contribution in [3.05, 3.63) is 48.0 Å². The second kappa shape index (κ2) is 7.05. The molecule has 1 N–H and O–H groups in total. The lowest BCUT2D eigenvalue weighted by molar-refractivity contribution is -0.122. The molecule has 5 rings (SSSR count). The zero-order valence-corrected chi connectivity index (χ0v) is 16.0. The second-order valence-corrected chi connectivity index (χ2v) is 8.28. The standard InChI is InChI=1S/C21H20N2O4S/c24-19-11-28-21(23(19)16-7-8-17-18(10-16)27-12-26-17)14-5-2-6-15(9-14)22-20(25)13-3-1-4-13/h2,5-10,13,21H,1,3-4,11-12H2,(H,22,25)/t21-/m0/s1. The van der Waals surface area contributed by atoms with Crippen LogP contribution in [0, 0.1) is 5.92 Å². The maximum atomic E-state index is 12.6. The topological polar surface area (TPSA) is 67.9 Å². The maximum Gasteiger partial charge on any atom is 0.238 e. The van der Waals surface area contributed by atoms with Crippen LogP contribution in [0.4, 0.5) is 11.4 Å². The third-order valence-electron chi connectivity index (χ3n) is 5.42. The van der Waals surface area contributed by atoms with Gasteiger partial charge in [0.15, 0.2) is 11.5 Å². The summed E-state index contributed by atoms with van der Waals surface area (Å²) in [5, 5.41) is 2.87. The molecular weight excluding hydrogens is 376 g/mol. The van der Waals surface area contributed by atoms with Gasteiger partial charge in [0.1, 0.15) is 5.37 Å². The van der Waals surface area contributed by atoms with E-state index in [0.29, 0.717) is 17.3 Å². The van der Waals surface area contributed by atoms with Crippen molar-refractivity contribution in [3.8, 4) is 11.5 Å². The summed E-state index contributed by atoms with van der Waals surface area (Å²) in [4.78, 5) is 26.7. The van der Waals surface area contributed by atoms with Crippen LogP contribution in [0.25, 0.3) is 0 Å². The van der Waals surface area contributed by atoms with Crippen molar-refractivity contribution in [2.45, 2.75) is 24.6 Å². The molecule has 1 aliphatic carbocycles. The summed E-state index contributed by atoms with van der Waals surface area (Å²) >= 11 is 1.58. The van der Waals surface area contributed by atoms with E-state index in [9.17, 15) is 9.59 Å². The zero-order chi connectivity index (χ0) is 19.1. The van der Waals surface area contributed by atoms with Crippen molar-refractivity contribution in [1.82, 2.24) is 0 Å². The molecular formula is C21H20N2O4S. The summed E-state index contributed by atoms with van der Waals surface area (Å²) in [6, 6.07) is 13.3. The molecule has 2 amide bonds. The molecule has 2 aromatic carbocycles. The van der Waals surface area contributed by atoms with Gasteiger partial charge in [-0.05, 0) is 42.7 Å². The number of nitrogens with one attached hydrogen (secondary N) is 1.